The van der Waals surface area contributed by atoms with Crippen molar-refractivity contribution in [1.29, 1.82) is 0 Å². The van der Waals surface area contributed by atoms with E-state index in [2.05, 4.69) is 29.0 Å². The van der Waals surface area contributed by atoms with Crippen molar-refractivity contribution < 1.29 is 13.2 Å². The molecule has 0 saturated heterocycles. The highest BCUT2D eigenvalue weighted by Crippen LogP contribution is 2.34. The molecule has 1 heterocycles. The number of sulfonamides is 1. The first-order chi connectivity index (χ1) is 13.8. The molecule has 3 rings (SSSR count). The van der Waals surface area contributed by atoms with Gasteiger partial charge in [-0.25, -0.2) is 13.1 Å². The number of hydrogen-bond acceptors (Lipinski definition) is 4. The third-order valence-electron chi connectivity index (χ3n) is 5.55. The lowest BCUT2D eigenvalue weighted by molar-refractivity contribution is 0.00736. The summed E-state index contributed by atoms with van der Waals surface area (Å²) in [5, 5.41) is 0. The first-order valence-electron chi connectivity index (χ1n) is 10.1. The Balaban J connectivity index is 1.60. The molecule has 1 aromatic heterocycles. The summed E-state index contributed by atoms with van der Waals surface area (Å²) in [4.78, 5) is 12.4. The molecular weight excluding hydrogens is 388 g/mol. The molecule has 7 heteroatoms. The molecule has 1 saturated carbocycles. The molecule has 1 aliphatic rings. The van der Waals surface area contributed by atoms with Crippen molar-refractivity contribution in [3.05, 3.63) is 70.1 Å². The molecule has 1 N–H and O–H groups in total. The van der Waals surface area contributed by atoms with Crippen molar-refractivity contribution in [2.75, 3.05) is 19.4 Å². The van der Waals surface area contributed by atoms with Crippen LogP contribution in [0.3, 0.4) is 0 Å². The molecule has 1 aromatic carbocycles. The summed E-state index contributed by atoms with van der Waals surface area (Å²) in [6.45, 7) is 2.28. The van der Waals surface area contributed by atoms with Crippen molar-refractivity contribution in [2.24, 2.45) is 0 Å². The molecule has 1 unspecified atom stereocenters. The lowest BCUT2D eigenvalue weighted by Crippen LogP contribution is -2.37. The lowest BCUT2D eigenvalue weighted by Gasteiger charge is -2.30. The lowest BCUT2D eigenvalue weighted by atomic mass is 9.83. The zero-order valence-electron chi connectivity index (χ0n) is 17.1. The summed E-state index contributed by atoms with van der Waals surface area (Å²) in [7, 11) is -3.35. The number of aromatic nitrogens is 1. The largest absolute Gasteiger partial charge is 0.376 e. The minimum atomic E-state index is -3.35. The fourth-order valence-electron chi connectivity index (χ4n) is 3.91. The molecule has 0 spiro atoms. The fraction of sp³-hybridized carbons (Fsp3) is 0.500. The highest BCUT2D eigenvalue weighted by atomic mass is 32.2. The van der Waals surface area contributed by atoms with Crippen LogP contribution in [-0.4, -0.2) is 38.5 Å². The number of nitrogens with one attached hydrogen (secondary N) is 1. The van der Waals surface area contributed by atoms with Crippen LogP contribution in [-0.2, 0) is 14.8 Å². The van der Waals surface area contributed by atoms with Gasteiger partial charge in [0.1, 0.15) is 0 Å². The second-order valence-corrected chi connectivity index (χ2v) is 9.77. The van der Waals surface area contributed by atoms with Crippen molar-refractivity contribution >= 4 is 10.0 Å². The van der Waals surface area contributed by atoms with Crippen LogP contribution in [0.1, 0.15) is 48.8 Å². The van der Waals surface area contributed by atoms with Gasteiger partial charge in [-0.1, -0.05) is 30.3 Å². The zero-order chi connectivity index (χ0) is 20.9. The van der Waals surface area contributed by atoms with E-state index in [-0.39, 0.29) is 24.2 Å². The monoisotopic (exact) mass is 418 g/mol. The molecule has 1 atom stereocenters. The summed E-state index contributed by atoms with van der Waals surface area (Å²) < 4.78 is 33.3. The summed E-state index contributed by atoms with van der Waals surface area (Å²) in [5.74, 6) is 0.568. The molecule has 0 amide bonds. The first kappa shape index (κ1) is 21.7. The van der Waals surface area contributed by atoms with Gasteiger partial charge in [-0.2, -0.15) is 0 Å². The number of ether oxygens (including phenoxy) is 1. The van der Waals surface area contributed by atoms with Gasteiger partial charge in [0.25, 0.3) is 5.56 Å². The fourth-order valence-corrected chi connectivity index (χ4v) is 4.41. The SMILES string of the molecule is Cc1ccn(C(CNS(C)(=O)=O)COC2CCC(c3ccccc3)CC2)c(=O)c1. The van der Waals surface area contributed by atoms with E-state index in [1.807, 2.05) is 19.1 Å². The molecule has 0 radical (unpaired) electrons. The maximum absolute atomic E-state index is 12.4. The molecular formula is C22H30N2O4S. The highest BCUT2D eigenvalue weighted by molar-refractivity contribution is 7.88. The number of benzene rings is 1. The van der Waals surface area contributed by atoms with E-state index in [9.17, 15) is 13.2 Å². The standard InChI is InChI=1S/C22H30N2O4S/c1-17-12-13-24(22(25)14-17)20(15-23-29(2,26)27)16-28-21-10-8-19(9-11-21)18-6-4-3-5-7-18/h3-7,12-14,19-21,23H,8-11,15-16H2,1-2H3. The van der Waals surface area contributed by atoms with Crippen LogP contribution in [0.25, 0.3) is 0 Å². The van der Waals surface area contributed by atoms with E-state index >= 15 is 0 Å². The van der Waals surface area contributed by atoms with Crippen molar-refractivity contribution in [3.63, 3.8) is 0 Å². The quantitative estimate of drug-likeness (QED) is 0.715. The normalized spacial score (nSPS) is 21.0. The number of aryl methyl sites for hydroxylation is 1. The van der Waals surface area contributed by atoms with Gasteiger partial charge in [-0.05, 0) is 55.7 Å². The van der Waals surface area contributed by atoms with Crippen molar-refractivity contribution in [2.45, 2.75) is 50.7 Å². The maximum atomic E-state index is 12.4. The minimum absolute atomic E-state index is 0.126. The Labute approximate surface area is 173 Å². The van der Waals surface area contributed by atoms with Crippen LogP contribution in [0, 0.1) is 6.92 Å². The van der Waals surface area contributed by atoms with Gasteiger partial charge in [0.15, 0.2) is 0 Å². The Hall–Kier alpha value is -1.96. The van der Waals surface area contributed by atoms with Crippen LogP contribution in [0.5, 0.6) is 0 Å². The summed E-state index contributed by atoms with van der Waals surface area (Å²) in [5.41, 5.74) is 2.11. The third-order valence-corrected chi connectivity index (χ3v) is 6.24. The van der Waals surface area contributed by atoms with Crippen LogP contribution < -0.4 is 10.3 Å². The summed E-state index contributed by atoms with van der Waals surface area (Å²) in [6.07, 6.45) is 7.05. The zero-order valence-corrected chi connectivity index (χ0v) is 17.9. The predicted octanol–water partition coefficient (Wildman–Crippen LogP) is 2.99. The smallest absolute Gasteiger partial charge is 0.251 e. The number of pyridine rings is 1. The minimum Gasteiger partial charge on any atom is -0.376 e. The van der Waals surface area contributed by atoms with Crippen LogP contribution in [0.15, 0.2) is 53.5 Å². The second-order valence-electron chi connectivity index (χ2n) is 7.94. The van der Waals surface area contributed by atoms with Gasteiger partial charge in [0, 0.05) is 18.8 Å². The predicted molar refractivity (Wildman–Crippen MR) is 115 cm³/mol. The van der Waals surface area contributed by atoms with Gasteiger partial charge in [0.2, 0.25) is 10.0 Å². The van der Waals surface area contributed by atoms with E-state index in [0.29, 0.717) is 12.5 Å². The van der Waals surface area contributed by atoms with Crippen LogP contribution in [0.2, 0.25) is 0 Å². The molecule has 0 aliphatic heterocycles. The molecule has 2 aromatic rings. The summed E-state index contributed by atoms with van der Waals surface area (Å²) in [6, 6.07) is 13.6. The van der Waals surface area contributed by atoms with Gasteiger partial charge in [-0.3, -0.25) is 4.79 Å². The molecule has 1 fully saturated rings. The molecule has 1 aliphatic carbocycles. The Morgan fingerprint density at radius 1 is 1.14 bits per heavy atom. The Morgan fingerprint density at radius 2 is 1.83 bits per heavy atom. The van der Waals surface area contributed by atoms with Gasteiger partial charge >= 0.3 is 0 Å². The average molecular weight is 419 g/mol. The second kappa shape index (κ2) is 9.69. The number of rotatable bonds is 8. The van der Waals surface area contributed by atoms with E-state index in [1.165, 1.54) is 5.56 Å². The van der Waals surface area contributed by atoms with Crippen LogP contribution >= 0.6 is 0 Å². The van der Waals surface area contributed by atoms with E-state index < -0.39 is 10.0 Å². The molecule has 29 heavy (non-hydrogen) atoms. The van der Waals surface area contributed by atoms with E-state index in [4.69, 9.17) is 4.74 Å². The third kappa shape index (κ3) is 6.52. The van der Waals surface area contributed by atoms with Gasteiger partial charge in [0.05, 0.1) is 25.0 Å². The Kier molecular flexibility index (Phi) is 7.27. The van der Waals surface area contributed by atoms with Gasteiger partial charge in [-0.15, -0.1) is 0 Å². The number of hydrogen-bond donors (Lipinski definition) is 1. The molecule has 0 bridgehead atoms. The van der Waals surface area contributed by atoms with Gasteiger partial charge < -0.3 is 9.30 Å². The van der Waals surface area contributed by atoms with Crippen molar-refractivity contribution in [1.82, 2.24) is 9.29 Å². The Bertz CT molecular complexity index is 948. The van der Waals surface area contributed by atoms with Crippen molar-refractivity contribution in [3.8, 4) is 0 Å². The highest BCUT2D eigenvalue weighted by Gasteiger charge is 2.24. The molecule has 158 valence electrons. The number of nitrogens with zero attached hydrogens (tertiary/aromatic N) is 1. The summed E-state index contributed by atoms with van der Waals surface area (Å²) >= 11 is 0. The first-order valence-corrected chi connectivity index (χ1v) is 12.0. The van der Waals surface area contributed by atoms with E-state index in [0.717, 1.165) is 37.5 Å². The maximum Gasteiger partial charge on any atom is 0.251 e. The van der Waals surface area contributed by atoms with Crippen LogP contribution in [0.4, 0.5) is 0 Å². The van der Waals surface area contributed by atoms with E-state index in [1.54, 1.807) is 16.8 Å². The average Bonchev–Trinajstić information content (AvgIpc) is 2.69. The topological polar surface area (TPSA) is 77.4 Å². The molecule has 6 nitrogen and oxygen atoms in total. The Morgan fingerprint density at radius 3 is 2.45 bits per heavy atom.